The number of halogens is 2. The summed E-state index contributed by atoms with van der Waals surface area (Å²) in [5, 5.41) is 12.6. The fourth-order valence-corrected chi connectivity index (χ4v) is 2.66. The van der Waals surface area contributed by atoms with Crippen molar-refractivity contribution in [3.05, 3.63) is 75.9 Å². The van der Waals surface area contributed by atoms with Crippen molar-refractivity contribution in [2.75, 3.05) is 7.11 Å². The van der Waals surface area contributed by atoms with Crippen LogP contribution in [0.3, 0.4) is 0 Å². The van der Waals surface area contributed by atoms with Crippen LogP contribution in [0.2, 0.25) is 10.0 Å². The van der Waals surface area contributed by atoms with Crippen molar-refractivity contribution in [1.29, 1.82) is 0 Å². The van der Waals surface area contributed by atoms with Gasteiger partial charge in [0.25, 0.3) is 5.89 Å². The van der Waals surface area contributed by atoms with Crippen molar-refractivity contribution in [2.45, 2.75) is 6.61 Å². The molecule has 25 heavy (non-hydrogen) atoms. The highest BCUT2D eigenvalue weighted by Crippen LogP contribution is 2.28. The fourth-order valence-electron chi connectivity index (χ4n) is 2.20. The van der Waals surface area contributed by atoms with Crippen LogP contribution >= 0.6 is 23.2 Å². The van der Waals surface area contributed by atoms with E-state index in [2.05, 4.69) is 15.4 Å². The standard InChI is InChI=1S/C17H13Cl2N3O3/c1-23-22-16(17-21-20-10-25-17)13-5-3-2-4-11(13)9-24-15-7-6-12(18)8-14(15)19/h2-8,10H,9H2,1H3/b22-16+. The lowest BCUT2D eigenvalue weighted by atomic mass is 10.0. The van der Waals surface area contributed by atoms with Crippen LogP contribution in [0.4, 0.5) is 0 Å². The topological polar surface area (TPSA) is 69.7 Å². The summed E-state index contributed by atoms with van der Waals surface area (Å²) in [7, 11) is 1.45. The first kappa shape index (κ1) is 17.3. The first-order valence-electron chi connectivity index (χ1n) is 7.23. The van der Waals surface area contributed by atoms with Crippen LogP contribution in [0.25, 0.3) is 0 Å². The number of benzene rings is 2. The van der Waals surface area contributed by atoms with E-state index in [1.807, 2.05) is 24.3 Å². The Labute approximate surface area is 154 Å². The van der Waals surface area contributed by atoms with Gasteiger partial charge in [-0.05, 0) is 23.8 Å². The summed E-state index contributed by atoms with van der Waals surface area (Å²) in [6, 6.07) is 12.6. The number of nitrogens with zero attached hydrogens (tertiary/aromatic N) is 3. The van der Waals surface area contributed by atoms with Gasteiger partial charge < -0.3 is 14.0 Å². The molecule has 1 aromatic heterocycles. The van der Waals surface area contributed by atoms with Gasteiger partial charge in [-0.3, -0.25) is 0 Å². The van der Waals surface area contributed by atoms with Crippen LogP contribution in [0.1, 0.15) is 17.0 Å². The Balaban J connectivity index is 1.89. The van der Waals surface area contributed by atoms with Gasteiger partial charge in [-0.15, -0.1) is 10.2 Å². The maximum absolute atomic E-state index is 6.14. The molecule has 0 saturated carbocycles. The van der Waals surface area contributed by atoms with Gasteiger partial charge in [-0.1, -0.05) is 52.6 Å². The van der Waals surface area contributed by atoms with E-state index >= 15 is 0 Å². The van der Waals surface area contributed by atoms with Crippen LogP contribution in [0.5, 0.6) is 5.75 Å². The molecule has 0 saturated heterocycles. The number of oxime groups is 1. The van der Waals surface area contributed by atoms with Gasteiger partial charge in [0.1, 0.15) is 19.5 Å². The smallest absolute Gasteiger partial charge is 0.270 e. The molecule has 6 nitrogen and oxygen atoms in total. The second-order valence-corrected chi connectivity index (χ2v) is 5.73. The molecule has 0 radical (unpaired) electrons. The summed E-state index contributed by atoms with van der Waals surface area (Å²) in [5.41, 5.74) is 2.02. The Morgan fingerprint density at radius 2 is 2.04 bits per heavy atom. The van der Waals surface area contributed by atoms with Gasteiger partial charge in [0, 0.05) is 10.6 Å². The third-order valence-electron chi connectivity index (χ3n) is 3.29. The zero-order chi connectivity index (χ0) is 17.6. The van der Waals surface area contributed by atoms with Crippen molar-refractivity contribution in [3.63, 3.8) is 0 Å². The average Bonchev–Trinajstić information content (AvgIpc) is 3.14. The predicted octanol–water partition coefficient (Wildman–Crippen LogP) is 4.35. The maximum atomic E-state index is 6.14. The maximum Gasteiger partial charge on any atom is 0.270 e. The molecule has 0 fully saturated rings. The van der Waals surface area contributed by atoms with Gasteiger partial charge in [0.2, 0.25) is 6.39 Å². The number of rotatable bonds is 6. The van der Waals surface area contributed by atoms with Crippen LogP contribution in [-0.4, -0.2) is 23.0 Å². The normalized spacial score (nSPS) is 11.4. The lowest BCUT2D eigenvalue weighted by Crippen LogP contribution is -2.10. The third-order valence-corrected chi connectivity index (χ3v) is 3.83. The van der Waals surface area contributed by atoms with Crippen molar-refractivity contribution < 1.29 is 14.0 Å². The Kier molecular flexibility index (Phi) is 5.53. The van der Waals surface area contributed by atoms with E-state index < -0.39 is 0 Å². The summed E-state index contributed by atoms with van der Waals surface area (Å²) < 4.78 is 11.1. The molecule has 0 bridgehead atoms. The molecule has 0 atom stereocenters. The van der Waals surface area contributed by atoms with Gasteiger partial charge in [0.15, 0.2) is 5.71 Å². The fraction of sp³-hybridized carbons (Fsp3) is 0.118. The Morgan fingerprint density at radius 1 is 1.20 bits per heavy atom. The molecule has 0 aliphatic heterocycles. The average molecular weight is 378 g/mol. The minimum absolute atomic E-state index is 0.249. The van der Waals surface area contributed by atoms with Crippen molar-refractivity contribution >= 4 is 28.9 Å². The highest BCUT2D eigenvalue weighted by Gasteiger charge is 2.17. The molecule has 0 N–H and O–H groups in total. The first-order chi connectivity index (χ1) is 12.2. The molecule has 3 rings (SSSR count). The zero-order valence-corrected chi connectivity index (χ0v) is 14.7. The monoisotopic (exact) mass is 377 g/mol. The Hall–Kier alpha value is -2.57. The molecule has 0 aliphatic rings. The molecular weight excluding hydrogens is 365 g/mol. The molecule has 2 aromatic carbocycles. The van der Waals surface area contributed by atoms with E-state index in [1.54, 1.807) is 18.2 Å². The highest BCUT2D eigenvalue weighted by atomic mass is 35.5. The molecule has 0 aliphatic carbocycles. The number of hydrogen-bond acceptors (Lipinski definition) is 6. The molecule has 3 aromatic rings. The van der Waals surface area contributed by atoms with Crippen LogP contribution in [0, 0.1) is 0 Å². The molecular formula is C17H13Cl2N3O3. The minimum Gasteiger partial charge on any atom is -0.487 e. The zero-order valence-electron chi connectivity index (χ0n) is 13.1. The van der Waals surface area contributed by atoms with Gasteiger partial charge in [-0.25, -0.2) is 0 Å². The van der Waals surface area contributed by atoms with E-state index in [1.165, 1.54) is 13.5 Å². The van der Waals surface area contributed by atoms with Crippen LogP contribution in [0.15, 0.2) is 58.4 Å². The van der Waals surface area contributed by atoms with Crippen LogP contribution < -0.4 is 4.74 Å². The second-order valence-electron chi connectivity index (χ2n) is 4.89. The van der Waals surface area contributed by atoms with E-state index in [9.17, 15) is 0 Å². The van der Waals surface area contributed by atoms with Gasteiger partial charge in [-0.2, -0.15) is 0 Å². The first-order valence-corrected chi connectivity index (χ1v) is 7.98. The molecule has 0 spiro atoms. The lowest BCUT2D eigenvalue weighted by molar-refractivity contribution is 0.213. The molecule has 0 unspecified atom stereocenters. The lowest BCUT2D eigenvalue weighted by Gasteiger charge is -2.12. The quantitative estimate of drug-likeness (QED) is 0.471. The molecule has 128 valence electrons. The van der Waals surface area contributed by atoms with E-state index in [4.69, 9.17) is 37.2 Å². The van der Waals surface area contributed by atoms with Crippen LogP contribution in [-0.2, 0) is 11.4 Å². The summed E-state index contributed by atoms with van der Waals surface area (Å²) >= 11 is 12.0. The predicted molar refractivity (Wildman–Crippen MR) is 94.2 cm³/mol. The Morgan fingerprint density at radius 3 is 2.76 bits per heavy atom. The molecule has 0 amide bonds. The summed E-state index contributed by atoms with van der Waals surface area (Å²) in [4.78, 5) is 4.92. The van der Waals surface area contributed by atoms with Gasteiger partial charge >= 0.3 is 0 Å². The van der Waals surface area contributed by atoms with E-state index in [-0.39, 0.29) is 12.5 Å². The number of ether oxygens (including phenoxy) is 1. The van der Waals surface area contributed by atoms with E-state index in [0.717, 1.165) is 11.1 Å². The highest BCUT2D eigenvalue weighted by molar-refractivity contribution is 6.35. The van der Waals surface area contributed by atoms with Crippen molar-refractivity contribution in [3.8, 4) is 5.75 Å². The largest absolute Gasteiger partial charge is 0.487 e. The number of hydrogen-bond donors (Lipinski definition) is 0. The summed E-state index contributed by atoms with van der Waals surface area (Å²) in [6.07, 6.45) is 1.23. The second kappa shape index (κ2) is 8.00. The summed E-state index contributed by atoms with van der Waals surface area (Å²) in [5.74, 6) is 0.780. The summed E-state index contributed by atoms with van der Waals surface area (Å²) in [6.45, 7) is 0.258. The third kappa shape index (κ3) is 4.10. The van der Waals surface area contributed by atoms with Crippen molar-refractivity contribution in [1.82, 2.24) is 10.2 Å². The molecule has 1 heterocycles. The Bertz CT molecular complexity index is 883. The van der Waals surface area contributed by atoms with Gasteiger partial charge in [0.05, 0.1) is 5.02 Å². The minimum atomic E-state index is 0.249. The SMILES string of the molecule is CO/N=C(/c1nnco1)c1ccccc1COc1ccc(Cl)cc1Cl. The number of aromatic nitrogens is 2. The molecule has 8 heteroatoms. The van der Waals surface area contributed by atoms with E-state index in [0.29, 0.717) is 21.5 Å². The van der Waals surface area contributed by atoms with Crippen molar-refractivity contribution in [2.24, 2.45) is 5.16 Å².